The molecular formula is C16H24ClN3O2. The number of para-hydroxylation sites is 1. The number of nitrogens with zero attached hydrogens (tertiary/aromatic N) is 1. The van der Waals surface area contributed by atoms with Crippen LogP contribution in [0.5, 0.6) is 0 Å². The van der Waals surface area contributed by atoms with Gasteiger partial charge in [0.05, 0.1) is 11.3 Å². The minimum Gasteiger partial charge on any atom is -0.366 e. The number of benzene rings is 1. The van der Waals surface area contributed by atoms with Gasteiger partial charge in [0.1, 0.15) is 0 Å². The van der Waals surface area contributed by atoms with Gasteiger partial charge in [0.15, 0.2) is 0 Å². The van der Waals surface area contributed by atoms with Gasteiger partial charge in [0, 0.05) is 12.0 Å². The van der Waals surface area contributed by atoms with Gasteiger partial charge in [-0.05, 0) is 51.9 Å². The Balaban J connectivity index is 0.00000242. The van der Waals surface area contributed by atoms with Crippen molar-refractivity contribution >= 4 is 29.9 Å². The van der Waals surface area contributed by atoms with E-state index in [-0.39, 0.29) is 24.2 Å². The van der Waals surface area contributed by atoms with Crippen molar-refractivity contribution in [2.45, 2.75) is 32.7 Å². The zero-order valence-electron chi connectivity index (χ0n) is 13.0. The molecule has 2 amide bonds. The zero-order valence-corrected chi connectivity index (χ0v) is 13.9. The second-order valence-electron chi connectivity index (χ2n) is 5.80. The average molecular weight is 326 g/mol. The molecule has 1 heterocycles. The van der Waals surface area contributed by atoms with E-state index in [2.05, 4.69) is 24.1 Å². The number of piperidine rings is 1. The van der Waals surface area contributed by atoms with Crippen LogP contribution in [-0.4, -0.2) is 35.8 Å². The van der Waals surface area contributed by atoms with E-state index in [0.717, 1.165) is 25.9 Å². The monoisotopic (exact) mass is 325 g/mol. The van der Waals surface area contributed by atoms with Gasteiger partial charge in [-0.2, -0.15) is 0 Å². The lowest BCUT2D eigenvalue weighted by atomic mass is 9.95. The van der Waals surface area contributed by atoms with Gasteiger partial charge in [-0.3, -0.25) is 9.59 Å². The minimum absolute atomic E-state index is 0. The van der Waals surface area contributed by atoms with Crippen LogP contribution >= 0.6 is 12.4 Å². The summed E-state index contributed by atoms with van der Waals surface area (Å²) in [6.45, 7) is 6.22. The summed E-state index contributed by atoms with van der Waals surface area (Å²) in [5.74, 6) is -0.548. The summed E-state index contributed by atoms with van der Waals surface area (Å²) in [7, 11) is 0. The quantitative estimate of drug-likeness (QED) is 0.891. The van der Waals surface area contributed by atoms with E-state index in [0.29, 0.717) is 17.3 Å². The van der Waals surface area contributed by atoms with Gasteiger partial charge in [0.25, 0.3) is 5.91 Å². The molecule has 0 spiro atoms. The largest absolute Gasteiger partial charge is 0.366 e. The molecule has 6 heteroatoms. The highest BCUT2D eigenvalue weighted by atomic mass is 35.5. The third kappa shape index (κ3) is 4.45. The van der Waals surface area contributed by atoms with E-state index in [1.807, 2.05) is 0 Å². The number of nitrogens with one attached hydrogen (secondary N) is 1. The van der Waals surface area contributed by atoms with Crippen LogP contribution in [0.15, 0.2) is 24.3 Å². The molecule has 2 rings (SSSR count). The fourth-order valence-corrected chi connectivity index (χ4v) is 2.72. The maximum Gasteiger partial charge on any atom is 0.250 e. The number of hydrogen-bond acceptors (Lipinski definition) is 3. The van der Waals surface area contributed by atoms with Gasteiger partial charge < -0.3 is 16.0 Å². The Morgan fingerprint density at radius 2 is 1.82 bits per heavy atom. The van der Waals surface area contributed by atoms with Crippen molar-refractivity contribution in [3.63, 3.8) is 0 Å². The van der Waals surface area contributed by atoms with E-state index in [1.54, 1.807) is 24.3 Å². The number of anilines is 1. The van der Waals surface area contributed by atoms with Crippen molar-refractivity contribution in [2.24, 2.45) is 11.7 Å². The van der Waals surface area contributed by atoms with Crippen molar-refractivity contribution < 1.29 is 9.59 Å². The molecule has 1 aliphatic rings. The molecule has 1 aromatic rings. The Hall–Kier alpha value is -1.59. The van der Waals surface area contributed by atoms with E-state index in [9.17, 15) is 9.59 Å². The lowest BCUT2D eigenvalue weighted by Crippen LogP contribution is -2.41. The number of nitrogens with two attached hydrogens (primary N) is 1. The highest BCUT2D eigenvalue weighted by molar-refractivity contribution is 6.03. The van der Waals surface area contributed by atoms with Gasteiger partial charge in [-0.1, -0.05) is 12.1 Å². The average Bonchev–Trinajstić information content (AvgIpc) is 2.47. The summed E-state index contributed by atoms with van der Waals surface area (Å²) in [5, 5.41) is 2.85. The van der Waals surface area contributed by atoms with Crippen molar-refractivity contribution in [2.75, 3.05) is 18.4 Å². The number of carbonyl (C=O) groups is 2. The molecule has 0 aromatic heterocycles. The summed E-state index contributed by atoms with van der Waals surface area (Å²) in [4.78, 5) is 26.1. The first kappa shape index (κ1) is 18.5. The molecule has 22 heavy (non-hydrogen) atoms. The first-order chi connectivity index (χ1) is 9.99. The van der Waals surface area contributed by atoms with E-state index < -0.39 is 5.91 Å². The number of amides is 2. The Morgan fingerprint density at radius 1 is 1.23 bits per heavy atom. The molecule has 0 saturated carbocycles. The molecule has 1 fully saturated rings. The standard InChI is InChI=1S/C16H23N3O2.ClH/c1-11(2)19-9-7-12(8-10-19)16(21)18-14-6-4-3-5-13(14)15(17)20;/h3-6,11-12H,7-10H2,1-2H3,(H2,17,20)(H,18,21);1H. The molecule has 0 bridgehead atoms. The number of likely N-dealkylation sites (tertiary alicyclic amines) is 1. The Kier molecular flexibility index (Phi) is 6.84. The SMILES string of the molecule is CC(C)N1CCC(C(=O)Nc2ccccc2C(N)=O)CC1.Cl. The van der Waals surface area contributed by atoms with Crippen molar-refractivity contribution in [3.05, 3.63) is 29.8 Å². The minimum atomic E-state index is -0.527. The van der Waals surface area contributed by atoms with Crippen molar-refractivity contribution in [3.8, 4) is 0 Å². The van der Waals surface area contributed by atoms with Crippen LogP contribution in [0.2, 0.25) is 0 Å². The maximum atomic E-state index is 12.3. The van der Waals surface area contributed by atoms with Gasteiger partial charge in [0.2, 0.25) is 5.91 Å². The third-order valence-electron chi connectivity index (χ3n) is 4.08. The van der Waals surface area contributed by atoms with Crippen LogP contribution in [-0.2, 0) is 4.79 Å². The first-order valence-corrected chi connectivity index (χ1v) is 7.42. The Bertz CT molecular complexity index is 526. The molecule has 122 valence electrons. The third-order valence-corrected chi connectivity index (χ3v) is 4.08. The number of rotatable bonds is 4. The lowest BCUT2D eigenvalue weighted by molar-refractivity contribution is -0.121. The van der Waals surface area contributed by atoms with Crippen LogP contribution in [0, 0.1) is 5.92 Å². The predicted molar refractivity (Wildman–Crippen MR) is 90.3 cm³/mol. The topological polar surface area (TPSA) is 75.4 Å². The second-order valence-corrected chi connectivity index (χ2v) is 5.80. The van der Waals surface area contributed by atoms with Gasteiger partial charge in [-0.25, -0.2) is 0 Å². The number of primary amides is 1. The molecule has 0 radical (unpaired) electrons. The normalized spacial score (nSPS) is 16.1. The van der Waals surface area contributed by atoms with E-state index in [1.165, 1.54) is 0 Å². The molecule has 5 nitrogen and oxygen atoms in total. The molecule has 0 unspecified atom stereocenters. The summed E-state index contributed by atoms with van der Waals surface area (Å²) in [6, 6.07) is 7.37. The van der Waals surface area contributed by atoms with Crippen molar-refractivity contribution in [1.82, 2.24) is 4.90 Å². The van der Waals surface area contributed by atoms with Crippen LogP contribution in [0.1, 0.15) is 37.0 Å². The number of hydrogen-bond donors (Lipinski definition) is 2. The lowest BCUT2D eigenvalue weighted by Gasteiger charge is -2.34. The van der Waals surface area contributed by atoms with Crippen LogP contribution in [0.3, 0.4) is 0 Å². The zero-order chi connectivity index (χ0) is 15.4. The van der Waals surface area contributed by atoms with Gasteiger partial charge in [-0.15, -0.1) is 12.4 Å². The molecule has 3 N–H and O–H groups in total. The van der Waals surface area contributed by atoms with Crippen LogP contribution < -0.4 is 11.1 Å². The van der Waals surface area contributed by atoms with E-state index in [4.69, 9.17) is 5.73 Å². The Labute approximate surface area is 137 Å². The smallest absolute Gasteiger partial charge is 0.250 e. The fourth-order valence-electron chi connectivity index (χ4n) is 2.72. The molecule has 1 aromatic carbocycles. The van der Waals surface area contributed by atoms with Crippen LogP contribution in [0.4, 0.5) is 5.69 Å². The highest BCUT2D eigenvalue weighted by Crippen LogP contribution is 2.22. The van der Waals surface area contributed by atoms with E-state index >= 15 is 0 Å². The van der Waals surface area contributed by atoms with Gasteiger partial charge >= 0.3 is 0 Å². The molecule has 0 atom stereocenters. The fraction of sp³-hybridized carbons (Fsp3) is 0.500. The Morgan fingerprint density at radius 3 is 2.36 bits per heavy atom. The molecule has 0 aliphatic carbocycles. The summed E-state index contributed by atoms with van der Waals surface area (Å²) in [5.41, 5.74) is 6.18. The first-order valence-electron chi connectivity index (χ1n) is 7.42. The summed E-state index contributed by atoms with van der Waals surface area (Å²) in [6.07, 6.45) is 1.70. The number of carbonyl (C=O) groups excluding carboxylic acids is 2. The second kappa shape index (κ2) is 8.15. The summed E-state index contributed by atoms with van der Waals surface area (Å²) < 4.78 is 0. The molecule has 1 saturated heterocycles. The number of halogens is 1. The molecule has 1 aliphatic heterocycles. The maximum absolute atomic E-state index is 12.3. The highest BCUT2D eigenvalue weighted by Gasteiger charge is 2.26. The van der Waals surface area contributed by atoms with Crippen LogP contribution in [0.25, 0.3) is 0 Å². The molecular weight excluding hydrogens is 302 g/mol. The summed E-state index contributed by atoms with van der Waals surface area (Å²) >= 11 is 0. The van der Waals surface area contributed by atoms with Crippen molar-refractivity contribution in [1.29, 1.82) is 0 Å². The predicted octanol–water partition coefficient (Wildman–Crippen LogP) is 2.27.